The van der Waals surface area contributed by atoms with Crippen molar-refractivity contribution in [2.75, 3.05) is 34.9 Å². The van der Waals surface area contributed by atoms with Crippen LogP contribution < -0.4 is 10.6 Å². The summed E-state index contributed by atoms with van der Waals surface area (Å²) in [5.74, 6) is -2.48. The van der Waals surface area contributed by atoms with E-state index in [4.69, 9.17) is 14.2 Å². The second kappa shape index (κ2) is 23.8. The Morgan fingerprint density at radius 3 is 2.13 bits per heavy atom. The van der Waals surface area contributed by atoms with Crippen LogP contribution in [0.4, 0.5) is 4.79 Å². The van der Waals surface area contributed by atoms with Gasteiger partial charge in [0.15, 0.2) is 0 Å². The molecule has 1 saturated heterocycles. The van der Waals surface area contributed by atoms with Crippen molar-refractivity contribution >= 4 is 29.7 Å². The molecule has 61 heavy (non-hydrogen) atoms. The van der Waals surface area contributed by atoms with Gasteiger partial charge in [-0.3, -0.25) is 24.1 Å². The van der Waals surface area contributed by atoms with Gasteiger partial charge in [0.2, 0.25) is 23.6 Å². The summed E-state index contributed by atoms with van der Waals surface area (Å²) < 4.78 is 17.5. The minimum absolute atomic E-state index is 0.0156. The van der Waals surface area contributed by atoms with E-state index in [9.17, 15) is 29.1 Å². The van der Waals surface area contributed by atoms with Crippen molar-refractivity contribution in [3.05, 3.63) is 60.2 Å². The second-order valence-corrected chi connectivity index (χ2v) is 17.9. The van der Waals surface area contributed by atoms with E-state index in [0.29, 0.717) is 32.2 Å². The minimum Gasteiger partial charge on any atom is -0.445 e. The van der Waals surface area contributed by atoms with Crippen molar-refractivity contribution in [2.45, 2.75) is 149 Å². The summed E-state index contributed by atoms with van der Waals surface area (Å²) in [6.45, 7) is 15.6. The molecule has 1 aromatic rings. The molecule has 3 N–H and O–H groups in total. The number of aliphatic hydroxyl groups is 1. The molecule has 1 heterocycles. The van der Waals surface area contributed by atoms with Crippen LogP contribution in [0.3, 0.4) is 0 Å². The number of amides is 5. The van der Waals surface area contributed by atoms with Gasteiger partial charge in [-0.05, 0) is 55.9 Å². The Bertz CT molecular complexity index is 1650. The number of nitrogens with one attached hydrogen (secondary N) is 2. The number of nitrogens with zero attached hydrogens (tertiary/aromatic N) is 3. The maximum absolute atomic E-state index is 14.5. The summed E-state index contributed by atoms with van der Waals surface area (Å²) in [5.41, 5.74) is -0.209. The van der Waals surface area contributed by atoms with Crippen molar-refractivity contribution in [3.63, 3.8) is 0 Å². The molecule has 1 aliphatic carbocycles. The average molecular weight is 854 g/mol. The first kappa shape index (κ1) is 51.1. The number of hydrogen-bond acceptors (Lipinski definition) is 9. The lowest BCUT2D eigenvalue weighted by Crippen LogP contribution is -2.60. The lowest BCUT2D eigenvalue weighted by atomic mass is 9.88. The zero-order valence-electron chi connectivity index (χ0n) is 38.8. The van der Waals surface area contributed by atoms with Gasteiger partial charge in [-0.15, -0.1) is 0 Å². The van der Waals surface area contributed by atoms with E-state index < -0.39 is 53.9 Å². The number of hydrogen-bond donors (Lipinski definition) is 3. The zero-order chi connectivity index (χ0) is 45.6. The van der Waals surface area contributed by atoms with E-state index in [-0.39, 0.29) is 60.6 Å². The molecule has 1 aliphatic heterocycles. The SMILES string of the molecule is CC[C@H](C)[C@@H]([C@@H](CC(=O)N1CCC[C@H]1[C@H](OC)[C@@H](C)C(=O)N[C@H](C)C[C@]1(O)C=CC=CC1)OC)N(C)C(=O)[C@@H](NC(=O)[C@H](C(C)C)N(C)C(=O)OCc1ccccc1)C(C)C. The first-order chi connectivity index (χ1) is 28.8. The molecular formula is C47H75N5O9. The fourth-order valence-electron chi connectivity index (χ4n) is 8.90. The van der Waals surface area contributed by atoms with Crippen LogP contribution in [0.25, 0.3) is 0 Å². The van der Waals surface area contributed by atoms with Gasteiger partial charge >= 0.3 is 6.09 Å². The summed E-state index contributed by atoms with van der Waals surface area (Å²) in [6.07, 6.45) is 8.34. The molecule has 0 spiro atoms. The topological polar surface area (TPSA) is 167 Å². The first-order valence-corrected chi connectivity index (χ1v) is 22.0. The predicted octanol–water partition coefficient (Wildman–Crippen LogP) is 5.48. The van der Waals surface area contributed by atoms with Crippen molar-refractivity contribution in [2.24, 2.45) is 23.7 Å². The molecule has 5 amide bonds. The van der Waals surface area contributed by atoms with Gasteiger partial charge in [-0.25, -0.2) is 4.79 Å². The normalized spacial score (nSPS) is 21.5. The molecule has 14 heteroatoms. The first-order valence-electron chi connectivity index (χ1n) is 22.0. The molecule has 0 radical (unpaired) electrons. The number of methoxy groups -OCH3 is 2. The van der Waals surface area contributed by atoms with Crippen molar-refractivity contribution in [1.82, 2.24) is 25.3 Å². The fourth-order valence-corrected chi connectivity index (χ4v) is 8.90. The van der Waals surface area contributed by atoms with Gasteiger partial charge in [0.05, 0.1) is 42.2 Å². The number of ether oxygens (including phenoxy) is 3. The molecule has 3 rings (SSSR count). The standard InChI is InChI=1S/C47H75N5O9/c1-13-32(6)41(50(9)45(56)39(30(2)3)49-44(55)40(31(4)5)51(10)46(57)61-29-35-21-16-14-17-22-35)37(59-11)27-38(53)52-26-20-23-36(52)42(60-12)34(8)43(54)48-33(7)28-47(58)24-18-15-19-25-47/h14-19,21-22,24,30-34,36-37,39-42,58H,13,20,23,25-29H2,1-12H3,(H,48,54)(H,49,55)/t32-,33+,34+,36-,37+,39-,40-,41-,42+,47-/m0/s1. The second-order valence-electron chi connectivity index (χ2n) is 17.9. The molecule has 0 bridgehead atoms. The Morgan fingerprint density at radius 2 is 1.57 bits per heavy atom. The summed E-state index contributed by atoms with van der Waals surface area (Å²) in [6, 6.07) is 6.24. The van der Waals surface area contributed by atoms with Gasteiger partial charge in [0.25, 0.3) is 0 Å². The average Bonchev–Trinajstić information content (AvgIpc) is 3.71. The summed E-state index contributed by atoms with van der Waals surface area (Å²) in [5, 5.41) is 16.9. The summed E-state index contributed by atoms with van der Waals surface area (Å²) in [4.78, 5) is 74.1. The quantitative estimate of drug-likeness (QED) is 0.137. The van der Waals surface area contributed by atoms with Crippen LogP contribution in [0.5, 0.6) is 0 Å². The summed E-state index contributed by atoms with van der Waals surface area (Å²) >= 11 is 0. The molecule has 0 saturated carbocycles. The number of likely N-dealkylation sites (N-methyl/N-ethyl adjacent to an activating group) is 2. The Hall–Kier alpha value is -4.27. The van der Waals surface area contributed by atoms with E-state index in [1.54, 1.807) is 37.0 Å². The van der Waals surface area contributed by atoms with E-state index in [1.165, 1.54) is 19.1 Å². The van der Waals surface area contributed by atoms with Crippen LogP contribution in [0, 0.1) is 23.7 Å². The van der Waals surface area contributed by atoms with Crippen LogP contribution in [0.2, 0.25) is 0 Å². The molecule has 342 valence electrons. The van der Waals surface area contributed by atoms with E-state index >= 15 is 0 Å². The Kier molecular flexibility index (Phi) is 19.9. The third kappa shape index (κ3) is 13.9. The number of carbonyl (C=O) groups is 5. The zero-order valence-corrected chi connectivity index (χ0v) is 38.8. The Morgan fingerprint density at radius 1 is 0.902 bits per heavy atom. The van der Waals surface area contributed by atoms with Gasteiger partial charge in [0, 0.05) is 40.9 Å². The largest absolute Gasteiger partial charge is 0.445 e. The van der Waals surface area contributed by atoms with E-state index in [1.807, 2.05) is 97.0 Å². The number of likely N-dealkylation sites (tertiary alicyclic amines) is 1. The third-order valence-corrected chi connectivity index (χ3v) is 12.5. The molecule has 1 fully saturated rings. The van der Waals surface area contributed by atoms with Crippen molar-refractivity contribution in [1.29, 1.82) is 0 Å². The van der Waals surface area contributed by atoms with Gasteiger partial charge in [0.1, 0.15) is 18.7 Å². The summed E-state index contributed by atoms with van der Waals surface area (Å²) in [7, 11) is 6.30. The van der Waals surface area contributed by atoms with Gasteiger partial charge < -0.3 is 39.8 Å². The fraction of sp³-hybridized carbons (Fsp3) is 0.681. The van der Waals surface area contributed by atoms with Crippen LogP contribution in [-0.2, 0) is 40.0 Å². The molecule has 2 aliphatic rings. The van der Waals surface area contributed by atoms with Gasteiger partial charge in [-0.1, -0.05) is 110 Å². The molecule has 14 nitrogen and oxygen atoms in total. The monoisotopic (exact) mass is 854 g/mol. The number of carbonyl (C=O) groups excluding carboxylic acids is 5. The van der Waals surface area contributed by atoms with Crippen LogP contribution in [0.15, 0.2) is 54.6 Å². The molecule has 10 atom stereocenters. The highest BCUT2D eigenvalue weighted by atomic mass is 16.6. The van der Waals surface area contributed by atoms with E-state index in [0.717, 1.165) is 12.0 Å². The minimum atomic E-state index is -1.03. The lowest BCUT2D eigenvalue weighted by Gasteiger charge is -2.41. The Labute approximate surface area is 364 Å². The molecule has 0 aromatic heterocycles. The van der Waals surface area contributed by atoms with E-state index in [2.05, 4.69) is 10.6 Å². The van der Waals surface area contributed by atoms with Gasteiger partial charge in [-0.2, -0.15) is 0 Å². The highest BCUT2D eigenvalue weighted by Gasteiger charge is 2.44. The molecule has 1 aromatic carbocycles. The smallest absolute Gasteiger partial charge is 0.410 e. The van der Waals surface area contributed by atoms with Crippen LogP contribution >= 0.6 is 0 Å². The maximum Gasteiger partial charge on any atom is 0.410 e. The van der Waals surface area contributed by atoms with Crippen LogP contribution in [0.1, 0.15) is 99.5 Å². The molecule has 0 unspecified atom stereocenters. The highest BCUT2D eigenvalue weighted by Crippen LogP contribution is 2.30. The number of rotatable bonds is 22. The Balaban J connectivity index is 1.74. The number of allylic oxidation sites excluding steroid dienone is 2. The van der Waals surface area contributed by atoms with Crippen LogP contribution in [-0.4, -0.2) is 132 Å². The predicted molar refractivity (Wildman–Crippen MR) is 236 cm³/mol. The highest BCUT2D eigenvalue weighted by molar-refractivity contribution is 5.91. The van der Waals surface area contributed by atoms with Crippen molar-refractivity contribution < 1.29 is 43.3 Å². The molecular weight excluding hydrogens is 779 g/mol. The lowest BCUT2D eigenvalue weighted by molar-refractivity contribution is -0.148. The van der Waals surface area contributed by atoms with Crippen molar-refractivity contribution in [3.8, 4) is 0 Å². The maximum atomic E-state index is 14.5. The third-order valence-electron chi connectivity index (χ3n) is 12.5. The number of benzene rings is 1.